The average Bonchev–Trinajstić information content (AvgIpc) is 3.31. The van der Waals surface area contributed by atoms with Crippen LogP contribution in [0.4, 0.5) is 4.39 Å². The fourth-order valence-electron chi connectivity index (χ4n) is 4.71. The molecule has 146 valence electrons. The lowest BCUT2D eigenvalue weighted by Gasteiger charge is -2.30. The van der Waals surface area contributed by atoms with Crippen molar-refractivity contribution in [1.82, 2.24) is 14.7 Å². The predicted octanol–water partition coefficient (Wildman–Crippen LogP) is 4.72. The maximum absolute atomic E-state index is 14.3. The fraction of sp³-hybridized carbons (Fsp3) is 0.304. The molecule has 0 fully saturated rings. The van der Waals surface area contributed by atoms with Crippen molar-refractivity contribution in [3.05, 3.63) is 80.9 Å². The van der Waals surface area contributed by atoms with E-state index in [2.05, 4.69) is 17.9 Å². The minimum absolute atomic E-state index is 0.208. The highest BCUT2D eigenvalue weighted by molar-refractivity contribution is 6.32. The van der Waals surface area contributed by atoms with E-state index in [1.165, 1.54) is 11.6 Å². The molecule has 0 N–H and O–H groups in total. The van der Waals surface area contributed by atoms with Gasteiger partial charge in [0.05, 0.1) is 28.0 Å². The zero-order valence-electron chi connectivity index (χ0n) is 16.1. The third-order valence-electron chi connectivity index (χ3n) is 6.29. The van der Waals surface area contributed by atoms with Crippen LogP contribution >= 0.6 is 11.6 Å². The molecule has 1 unspecified atom stereocenters. The summed E-state index contributed by atoms with van der Waals surface area (Å²) in [7, 11) is 0. The molecule has 0 saturated carbocycles. The van der Waals surface area contributed by atoms with Crippen molar-refractivity contribution in [2.45, 2.75) is 45.3 Å². The molecular formula is C23H20ClFN4. The number of halogens is 2. The predicted molar refractivity (Wildman–Crippen MR) is 109 cm³/mol. The van der Waals surface area contributed by atoms with Crippen LogP contribution in [0.1, 0.15) is 40.1 Å². The third kappa shape index (κ3) is 2.95. The summed E-state index contributed by atoms with van der Waals surface area (Å²) in [5.41, 5.74) is 6.51. The van der Waals surface area contributed by atoms with E-state index < -0.39 is 0 Å². The van der Waals surface area contributed by atoms with Crippen LogP contribution in [0.25, 0.3) is 5.69 Å². The largest absolute Gasteiger partial charge is 0.291 e. The summed E-state index contributed by atoms with van der Waals surface area (Å²) in [5, 5.41) is 14.9. The van der Waals surface area contributed by atoms with E-state index in [-0.39, 0.29) is 5.82 Å². The van der Waals surface area contributed by atoms with Crippen molar-refractivity contribution in [2.75, 3.05) is 0 Å². The van der Waals surface area contributed by atoms with E-state index in [0.717, 1.165) is 41.9 Å². The van der Waals surface area contributed by atoms with Crippen LogP contribution in [0, 0.1) is 24.1 Å². The molecule has 5 rings (SSSR count). The molecule has 0 saturated heterocycles. The lowest BCUT2D eigenvalue weighted by Crippen LogP contribution is -2.35. The van der Waals surface area contributed by atoms with Crippen molar-refractivity contribution in [3.8, 4) is 11.8 Å². The SMILES string of the molecule is Cc1c2c(nn1-c1ccccc1Cl)CCC(N1Cc3c(F)ccc(C#N)c3C1)C2. The smallest absolute Gasteiger partial charge is 0.128 e. The van der Waals surface area contributed by atoms with Crippen LogP contribution in [-0.4, -0.2) is 20.7 Å². The molecule has 2 aromatic carbocycles. The topological polar surface area (TPSA) is 44.9 Å². The van der Waals surface area contributed by atoms with Crippen LogP contribution < -0.4 is 0 Å². The first-order chi connectivity index (χ1) is 14.1. The molecule has 2 aliphatic rings. The minimum atomic E-state index is -0.208. The van der Waals surface area contributed by atoms with Crippen LogP contribution in [0.15, 0.2) is 36.4 Å². The summed E-state index contributed by atoms with van der Waals surface area (Å²) in [4.78, 5) is 2.31. The van der Waals surface area contributed by atoms with Crippen molar-refractivity contribution in [1.29, 1.82) is 5.26 Å². The third-order valence-corrected chi connectivity index (χ3v) is 6.61. The van der Waals surface area contributed by atoms with Crippen LogP contribution in [0.2, 0.25) is 5.02 Å². The van der Waals surface area contributed by atoms with Gasteiger partial charge in [-0.1, -0.05) is 23.7 Å². The Balaban J connectivity index is 1.44. The van der Waals surface area contributed by atoms with Crippen LogP contribution in [0.3, 0.4) is 0 Å². The summed E-state index contributed by atoms with van der Waals surface area (Å²) < 4.78 is 16.3. The number of benzene rings is 2. The highest BCUT2D eigenvalue weighted by Gasteiger charge is 2.33. The zero-order valence-corrected chi connectivity index (χ0v) is 16.9. The molecule has 0 spiro atoms. The molecule has 1 aliphatic heterocycles. The monoisotopic (exact) mass is 406 g/mol. The Morgan fingerprint density at radius 2 is 1.93 bits per heavy atom. The Morgan fingerprint density at radius 3 is 2.72 bits per heavy atom. The number of nitrogens with zero attached hydrogens (tertiary/aromatic N) is 4. The number of nitriles is 1. The van der Waals surface area contributed by atoms with Gasteiger partial charge in [-0.15, -0.1) is 0 Å². The van der Waals surface area contributed by atoms with E-state index in [0.29, 0.717) is 35.3 Å². The van der Waals surface area contributed by atoms with E-state index in [9.17, 15) is 9.65 Å². The first kappa shape index (κ1) is 18.4. The summed E-state index contributed by atoms with van der Waals surface area (Å²) in [6.45, 7) is 3.28. The second-order valence-electron chi connectivity index (χ2n) is 7.84. The number of aryl methyl sites for hydroxylation is 1. The zero-order chi connectivity index (χ0) is 20.1. The Labute approximate surface area is 174 Å². The van der Waals surface area contributed by atoms with E-state index >= 15 is 0 Å². The number of hydrogen-bond acceptors (Lipinski definition) is 3. The summed E-state index contributed by atoms with van der Waals surface area (Å²) >= 11 is 6.39. The molecule has 1 aromatic heterocycles. The number of para-hydroxylation sites is 1. The Kier molecular flexibility index (Phi) is 4.42. The van der Waals surface area contributed by atoms with Crippen molar-refractivity contribution in [2.24, 2.45) is 0 Å². The molecule has 4 nitrogen and oxygen atoms in total. The molecule has 1 aliphatic carbocycles. The van der Waals surface area contributed by atoms with E-state index in [1.54, 1.807) is 6.07 Å². The maximum atomic E-state index is 14.3. The van der Waals surface area contributed by atoms with Gasteiger partial charge in [-0.3, -0.25) is 4.90 Å². The van der Waals surface area contributed by atoms with Crippen molar-refractivity contribution < 1.29 is 4.39 Å². The number of fused-ring (bicyclic) bond motifs is 2. The number of rotatable bonds is 2. The van der Waals surface area contributed by atoms with Crippen molar-refractivity contribution in [3.63, 3.8) is 0 Å². The second kappa shape index (κ2) is 6.98. The van der Waals surface area contributed by atoms with E-state index in [1.807, 2.05) is 28.9 Å². The fourth-order valence-corrected chi connectivity index (χ4v) is 4.93. The second-order valence-corrected chi connectivity index (χ2v) is 8.25. The Morgan fingerprint density at radius 1 is 1.14 bits per heavy atom. The molecule has 2 heterocycles. The van der Waals surface area contributed by atoms with Gasteiger partial charge in [0.25, 0.3) is 0 Å². The quantitative estimate of drug-likeness (QED) is 0.618. The van der Waals surface area contributed by atoms with Gasteiger partial charge in [-0.25, -0.2) is 9.07 Å². The first-order valence-electron chi connectivity index (χ1n) is 9.83. The summed E-state index contributed by atoms with van der Waals surface area (Å²) in [6.07, 6.45) is 2.74. The summed E-state index contributed by atoms with van der Waals surface area (Å²) in [6, 6.07) is 13.3. The Hall–Kier alpha value is -2.68. The van der Waals surface area contributed by atoms with Gasteiger partial charge in [0.15, 0.2) is 0 Å². The van der Waals surface area contributed by atoms with Gasteiger partial charge in [-0.05, 0) is 61.6 Å². The van der Waals surface area contributed by atoms with E-state index in [4.69, 9.17) is 16.7 Å². The number of aromatic nitrogens is 2. The lowest BCUT2D eigenvalue weighted by molar-refractivity contribution is 0.180. The first-order valence-corrected chi connectivity index (χ1v) is 10.2. The van der Waals surface area contributed by atoms with Gasteiger partial charge in [-0.2, -0.15) is 10.4 Å². The van der Waals surface area contributed by atoms with Gasteiger partial charge >= 0.3 is 0 Å². The van der Waals surface area contributed by atoms with Crippen molar-refractivity contribution >= 4 is 11.6 Å². The molecule has 6 heteroatoms. The van der Waals surface area contributed by atoms with Gasteiger partial charge in [0.2, 0.25) is 0 Å². The molecule has 3 aromatic rings. The molecule has 29 heavy (non-hydrogen) atoms. The number of hydrogen-bond donors (Lipinski definition) is 0. The standard InChI is InChI=1S/C23H20ClFN4/c1-14-17-10-16(28-12-18-15(11-26)6-8-21(25)19(18)13-28)7-9-22(17)27-29(14)23-5-3-2-4-20(23)24/h2-6,8,16H,7,9-10,12-13H2,1H3. The van der Waals surface area contributed by atoms with Crippen LogP contribution in [0.5, 0.6) is 0 Å². The molecule has 0 amide bonds. The molecular weight excluding hydrogens is 387 g/mol. The van der Waals surface area contributed by atoms with Gasteiger partial charge in [0, 0.05) is 30.4 Å². The molecule has 1 atom stereocenters. The molecule has 0 radical (unpaired) electrons. The average molecular weight is 407 g/mol. The summed E-state index contributed by atoms with van der Waals surface area (Å²) in [5.74, 6) is -0.208. The minimum Gasteiger partial charge on any atom is -0.291 e. The lowest BCUT2D eigenvalue weighted by atomic mass is 9.91. The van der Waals surface area contributed by atoms with Gasteiger partial charge in [0.1, 0.15) is 5.82 Å². The maximum Gasteiger partial charge on any atom is 0.128 e. The highest BCUT2D eigenvalue weighted by Crippen LogP contribution is 2.35. The highest BCUT2D eigenvalue weighted by atomic mass is 35.5. The normalized spacial score (nSPS) is 18.3. The Bertz CT molecular complexity index is 1160. The van der Waals surface area contributed by atoms with Crippen LogP contribution in [-0.2, 0) is 25.9 Å². The van der Waals surface area contributed by atoms with Gasteiger partial charge < -0.3 is 0 Å². The molecule has 0 bridgehead atoms.